The molecule has 0 bridgehead atoms. The average Bonchev–Trinajstić information content (AvgIpc) is 2.45. The lowest BCUT2D eigenvalue weighted by Crippen LogP contribution is -2.26. The number of rotatable bonds is 8. The van der Waals surface area contributed by atoms with Gasteiger partial charge in [-0.15, -0.1) is 0 Å². The third-order valence-electron chi connectivity index (χ3n) is 2.73. The number of hydrogen-bond acceptors (Lipinski definition) is 6. The summed E-state index contributed by atoms with van der Waals surface area (Å²) in [6.45, 7) is 0.808. The van der Waals surface area contributed by atoms with Gasteiger partial charge in [-0.2, -0.15) is 0 Å². The van der Waals surface area contributed by atoms with Crippen molar-refractivity contribution in [3.05, 3.63) is 29.8 Å². The van der Waals surface area contributed by atoms with Crippen molar-refractivity contribution < 1.29 is 17.8 Å². The van der Waals surface area contributed by atoms with Crippen LogP contribution in [0.4, 0.5) is 0 Å². The summed E-state index contributed by atoms with van der Waals surface area (Å²) in [5.74, 6) is 0.369. The first-order valence-corrected chi connectivity index (χ1v) is 9.56. The molecular formula is C12H19N3O4S2. The molecule has 1 rings (SSSR count). The summed E-state index contributed by atoms with van der Waals surface area (Å²) in [7, 11) is -4.28. The lowest BCUT2D eigenvalue weighted by molar-refractivity contribution is 0.318. The third kappa shape index (κ3) is 5.82. The van der Waals surface area contributed by atoms with Gasteiger partial charge in [0.1, 0.15) is 0 Å². The molecule has 1 unspecified atom stereocenters. The van der Waals surface area contributed by atoms with Crippen molar-refractivity contribution in [1.82, 2.24) is 5.32 Å². The van der Waals surface area contributed by atoms with Gasteiger partial charge in [0.15, 0.2) is 15.7 Å². The van der Waals surface area contributed by atoms with Gasteiger partial charge in [-0.05, 0) is 24.3 Å². The van der Waals surface area contributed by atoms with E-state index in [1.165, 1.54) is 24.3 Å². The largest absolute Gasteiger partial charge is 0.409 e. The summed E-state index contributed by atoms with van der Waals surface area (Å²) in [5.41, 5.74) is 5.85. The number of hydrogen-bond donors (Lipinski definition) is 3. The molecule has 1 aromatic carbocycles. The molecule has 0 aromatic heterocycles. The topological polar surface area (TPSA) is 122 Å². The lowest BCUT2D eigenvalue weighted by atomic mass is 10.2. The number of nitrogens with zero attached hydrogens (tertiary/aromatic N) is 1. The molecule has 0 aliphatic rings. The minimum absolute atomic E-state index is 0.0493. The van der Waals surface area contributed by atoms with Gasteiger partial charge in [-0.3, -0.25) is 4.21 Å². The Kier molecular flexibility index (Phi) is 6.79. The summed E-state index contributed by atoms with van der Waals surface area (Å²) < 4.78 is 35.0. The second kappa shape index (κ2) is 8.11. The summed E-state index contributed by atoms with van der Waals surface area (Å²) in [4.78, 5) is 0.179. The van der Waals surface area contributed by atoms with E-state index in [4.69, 9.17) is 10.9 Å². The smallest absolute Gasteiger partial charge is 0.179 e. The van der Waals surface area contributed by atoms with Crippen LogP contribution in [0.2, 0.25) is 0 Å². The van der Waals surface area contributed by atoms with Crippen LogP contribution in [0.25, 0.3) is 0 Å². The van der Waals surface area contributed by atoms with Gasteiger partial charge in [0.05, 0.1) is 10.6 Å². The van der Waals surface area contributed by atoms with Crippen LogP contribution in [0, 0.1) is 0 Å². The van der Waals surface area contributed by atoms with Crippen LogP contribution in [0.3, 0.4) is 0 Å². The van der Waals surface area contributed by atoms with E-state index >= 15 is 0 Å². The van der Waals surface area contributed by atoms with Crippen LogP contribution in [0.15, 0.2) is 34.3 Å². The van der Waals surface area contributed by atoms with Gasteiger partial charge < -0.3 is 16.3 Å². The van der Waals surface area contributed by atoms with E-state index in [9.17, 15) is 12.6 Å². The van der Waals surface area contributed by atoms with Crippen LogP contribution in [-0.2, 0) is 20.6 Å². The summed E-state index contributed by atoms with van der Waals surface area (Å²) in [6.07, 6.45) is 1.60. The third-order valence-corrected chi connectivity index (χ3v) is 5.24. The first kappa shape index (κ1) is 17.6. The summed E-state index contributed by atoms with van der Waals surface area (Å²) in [5, 5.41) is 14.3. The maximum absolute atomic E-state index is 12.1. The standard InChI is InChI=1S/C12H19N3O4S2/c1-20(17)8-6-14-7-9-21(18,19)11-4-2-10(3-5-11)12(13)15-16/h2-5,14,16H,6-9H2,1H3,(H2,13,15). The predicted molar refractivity (Wildman–Crippen MR) is 82.8 cm³/mol. The Hall–Kier alpha value is -1.45. The van der Waals surface area contributed by atoms with Crippen molar-refractivity contribution in [2.24, 2.45) is 10.9 Å². The first-order chi connectivity index (χ1) is 9.86. The van der Waals surface area contributed by atoms with Crippen LogP contribution in [-0.4, -0.2) is 54.5 Å². The maximum Gasteiger partial charge on any atom is 0.179 e. The molecule has 9 heteroatoms. The van der Waals surface area contributed by atoms with E-state index in [1.54, 1.807) is 6.26 Å². The van der Waals surface area contributed by atoms with Crippen LogP contribution < -0.4 is 11.1 Å². The van der Waals surface area contributed by atoms with Gasteiger partial charge in [0.25, 0.3) is 0 Å². The fourth-order valence-corrected chi connectivity index (χ4v) is 3.19. The van der Waals surface area contributed by atoms with Crippen molar-refractivity contribution in [3.8, 4) is 0 Å². The number of nitrogens with two attached hydrogens (primary N) is 1. The normalized spacial score (nSPS) is 14.0. The van der Waals surface area contributed by atoms with Crippen molar-refractivity contribution in [2.45, 2.75) is 4.90 Å². The molecule has 118 valence electrons. The number of nitrogens with one attached hydrogen (secondary N) is 1. The minimum Gasteiger partial charge on any atom is -0.409 e. The Morgan fingerprint density at radius 2 is 1.95 bits per heavy atom. The summed E-state index contributed by atoms with van der Waals surface area (Å²) >= 11 is 0. The summed E-state index contributed by atoms with van der Waals surface area (Å²) in [6, 6.07) is 5.80. The van der Waals surface area contributed by atoms with Crippen LogP contribution in [0.1, 0.15) is 5.56 Å². The van der Waals surface area contributed by atoms with Gasteiger partial charge in [-0.25, -0.2) is 8.42 Å². The fraction of sp³-hybridized carbons (Fsp3) is 0.417. The molecule has 0 heterocycles. The van der Waals surface area contributed by atoms with Gasteiger partial charge in [0, 0.05) is 41.5 Å². The zero-order valence-electron chi connectivity index (χ0n) is 11.7. The molecule has 0 spiro atoms. The molecule has 1 atom stereocenters. The Labute approximate surface area is 126 Å². The number of amidine groups is 1. The lowest BCUT2D eigenvalue weighted by Gasteiger charge is -2.06. The molecule has 1 aromatic rings. The van der Waals surface area contributed by atoms with E-state index in [2.05, 4.69) is 10.5 Å². The Bertz CT molecular complexity index is 612. The highest BCUT2D eigenvalue weighted by Crippen LogP contribution is 2.12. The number of benzene rings is 1. The molecule has 0 aliphatic carbocycles. The second-order valence-corrected chi connectivity index (χ2v) is 8.02. The molecule has 0 aliphatic heterocycles. The average molecular weight is 333 g/mol. The molecule has 21 heavy (non-hydrogen) atoms. The van der Waals surface area contributed by atoms with E-state index in [1.807, 2.05) is 0 Å². The van der Waals surface area contributed by atoms with Crippen molar-refractivity contribution in [2.75, 3.05) is 30.9 Å². The molecule has 0 amide bonds. The SMILES string of the molecule is CS(=O)CCNCCS(=O)(=O)c1ccc(/C(N)=N/O)cc1. The highest BCUT2D eigenvalue weighted by Gasteiger charge is 2.14. The quantitative estimate of drug-likeness (QED) is 0.194. The van der Waals surface area contributed by atoms with E-state index < -0.39 is 20.6 Å². The molecule has 0 radical (unpaired) electrons. The van der Waals surface area contributed by atoms with Crippen molar-refractivity contribution in [1.29, 1.82) is 0 Å². The first-order valence-electron chi connectivity index (χ1n) is 6.18. The number of sulfone groups is 1. The second-order valence-electron chi connectivity index (χ2n) is 4.36. The molecule has 4 N–H and O–H groups in total. The predicted octanol–water partition coefficient (Wildman–Crippen LogP) is -0.477. The van der Waals surface area contributed by atoms with Crippen LogP contribution >= 0.6 is 0 Å². The molecule has 0 fully saturated rings. The molecule has 0 saturated carbocycles. The number of oxime groups is 1. The van der Waals surface area contributed by atoms with E-state index in [0.29, 0.717) is 24.4 Å². The zero-order valence-corrected chi connectivity index (χ0v) is 13.3. The van der Waals surface area contributed by atoms with Gasteiger partial charge in [0.2, 0.25) is 0 Å². The van der Waals surface area contributed by atoms with Gasteiger partial charge >= 0.3 is 0 Å². The fourth-order valence-electron chi connectivity index (χ4n) is 1.56. The van der Waals surface area contributed by atoms with Crippen LogP contribution in [0.5, 0.6) is 0 Å². The van der Waals surface area contributed by atoms with Crippen molar-refractivity contribution in [3.63, 3.8) is 0 Å². The minimum atomic E-state index is -3.39. The Morgan fingerprint density at radius 1 is 1.33 bits per heavy atom. The molecule has 0 saturated heterocycles. The Morgan fingerprint density at radius 3 is 2.48 bits per heavy atom. The van der Waals surface area contributed by atoms with Crippen molar-refractivity contribution >= 4 is 26.5 Å². The Balaban J connectivity index is 2.60. The monoisotopic (exact) mass is 333 g/mol. The van der Waals surface area contributed by atoms with Gasteiger partial charge in [-0.1, -0.05) is 5.16 Å². The highest BCUT2D eigenvalue weighted by atomic mass is 32.2. The van der Waals surface area contributed by atoms with E-state index in [0.717, 1.165) is 0 Å². The maximum atomic E-state index is 12.1. The zero-order chi connectivity index (χ0) is 15.9. The molecule has 7 nitrogen and oxygen atoms in total. The highest BCUT2D eigenvalue weighted by molar-refractivity contribution is 7.91. The van der Waals surface area contributed by atoms with E-state index in [-0.39, 0.29) is 16.5 Å². The molecular weight excluding hydrogens is 314 g/mol.